The molecule has 5 nitrogen and oxygen atoms in total. The van der Waals surface area contributed by atoms with E-state index in [4.69, 9.17) is 4.99 Å². The number of hydrogen-bond donors (Lipinski definition) is 0. The summed E-state index contributed by atoms with van der Waals surface area (Å²) in [5.74, 6) is 0.202. The van der Waals surface area contributed by atoms with Crippen LogP contribution in [0.25, 0.3) is 0 Å². The Labute approximate surface area is 222 Å². The fourth-order valence-corrected chi connectivity index (χ4v) is 5.69. The van der Waals surface area contributed by atoms with Crippen LogP contribution < -0.4 is 4.90 Å². The minimum atomic E-state index is -1.32. The van der Waals surface area contributed by atoms with E-state index in [0.717, 1.165) is 57.8 Å². The minimum Gasteiger partial charge on any atom is -0.369 e. The zero-order valence-corrected chi connectivity index (χ0v) is 21.4. The maximum Gasteiger partial charge on any atom is 0.265 e. The van der Waals surface area contributed by atoms with Gasteiger partial charge in [0.2, 0.25) is 0 Å². The van der Waals surface area contributed by atoms with Crippen molar-refractivity contribution in [1.82, 2.24) is 9.80 Å². The lowest BCUT2D eigenvalue weighted by Gasteiger charge is -2.36. The van der Waals surface area contributed by atoms with Gasteiger partial charge in [-0.25, -0.2) is 13.8 Å². The first-order chi connectivity index (χ1) is 18.5. The fourth-order valence-electron chi connectivity index (χ4n) is 5.69. The molecule has 1 aliphatic carbocycles. The van der Waals surface area contributed by atoms with E-state index in [0.29, 0.717) is 17.7 Å². The van der Waals surface area contributed by atoms with E-state index in [1.165, 1.54) is 30.0 Å². The maximum absolute atomic E-state index is 14.2. The van der Waals surface area contributed by atoms with E-state index >= 15 is 0 Å². The highest BCUT2D eigenvalue weighted by molar-refractivity contribution is 6.11. The molecule has 2 fully saturated rings. The Morgan fingerprint density at radius 3 is 1.89 bits per heavy atom. The molecule has 0 bridgehead atoms. The number of amidine groups is 1. The SMILES string of the molecule is O=C1N(CCCN2CCN(c3ccccc3)CC2)C(C2CC2)=NC1(c1ccc(F)cc1)c1ccc(F)cc1. The molecule has 3 aromatic rings. The van der Waals surface area contributed by atoms with Gasteiger partial charge < -0.3 is 4.90 Å². The lowest BCUT2D eigenvalue weighted by Crippen LogP contribution is -2.47. The molecule has 196 valence electrons. The molecule has 0 radical (unpaired) electrons. The van der Waals surface area contributed by atoms with E-state index < -0.39 is 5.54 Å². The van der Waals surface area contributed by atoms with Crippen LogP contribution in [-0.2, 0) is 10.3 Å². The van der Waals surface area contributed by atoms with Gasteiger partial charge in [0.15, 0.2) is 5.54 Å². The third-order valence-corrected chi connectivity index (χ3v) is 7.93. The molecule has 7 heteroatoms. The summed E-state index contributed by atoms with van der Waals surface area (Å²) in [6.45, 7) is 5.43. The van der Waals surface area contributed by atoms with E-state index in [1.807, 2.05) is 11.0 Å². The quantitative estimate of drug-likeness (QED) is 0.421. The summed E-state index contributed by atoms with van der Waals surface area (Å²) in [5.41, 5.74) is 1.15. The number of para-hydroxylation sites is 1. The second kappa shape index (κ2) is 10.3. The summed E-state index contributed by atoms with van der Waals surface area (Å²) >= 11 is 0. The molecule has 6 rings (SSSR count). The number of anilines is 1. The first-order valence-corrected chi connectivity index (χ1v) is 13.5. The Kier molecular flexibility index (Phi) is 6.70. The average molecular weight is 515 g/mol. The van der Waals surface area contributed by atoms with Crippen molar-refractivity contribution >= 4 is 17.4 Å². The first kappa shape index (κ1) is 24.7. The van der Waals surface area contributed by atoms with E-state index in [-0.39, 0.29) is 23.5 Å². The summed E-state index contributed by atoms with van der Waals surface area (Å²) in [6, 6.07) is 22.4. The number of amides is 1. The molecule has 0 aromatic heterocycles. The number of nitrogens with zero attached hydrogens (tertiary/aromatic N) is 4. The van der Waals surface area contributed by atoms with Crippen molar-refractivity contribution in [3.63, 3.8) is 0 Å². The third kappa shape index (κ3) is 4.71. The molecule has 3 aliphatic rings. The zero-order valence-electron chi connectivity index (χ0n) is 21.4. The molecule has 38 heavy (non-hydrogen) atoms. The molecule has 2 heterocycles. The van der Waals surface area contributed by atoms with Gasteiger partial charge in [-0.15, -0.1) is 0 Å². The van der Waals surface area contributed by atoms with Crippen molar-refractivity contribution < 1.29 is 13.6 Å². The van der Waals surface area contributed by atoms with Gasteiger partial charge in [0.25, 0.3) is 5.91 Å². The van der Waals surface area contributed by atoms with Gasteiger partial charge in [0.05, 0.1) is 0 Å². The molecule has 0 N–H and O–H groups in total. The molecule has 1 amide bonds. The smallest absolute Gasteiger partial charge is 0.265 e. The van der Waals surface area contributed by atoms with E-state index in [9.17, 15) is 13.6 Å². The number of carbonyl (C=O) groups is 1. The number of aliphatic imine (C=N–C) groups is 1. The van der Waals surface area contributed by atoms with E-state index in [1.54, 1.807) is 24.3 Å². The summed E-state index contributed by atoms with van der Waals surface area (Å²) in [5, 5.41) is 0. The molecule has 3 aromatic carbocycles. The minimum absolute atomic E-state index is 0.133. The van der Waals surface area contributed by atoms with Crippen LogP contribution in [0.2, 0.25) is 0 Å². The van der Waals surface area contributed by atoms with Crippen LogP contribution in [0.1, 0.15) is 30.4 Å². The van der Waals surface area contributed by atoms with Crippen LogP contribution in [0.15, 0.2) is 83.9 Å². The number of hydrogen-bond acceptors (Lipinski definition) is 4. The van der Waals surface area contributed by atoms with Crippen LogP contribution in [0.4, 0.5) is 14.5 Å². The molecular weight excluding hydrogens is 482 g/mol. The fraction of sp³-hybridized carbons (Fsp3) is 0.355. The molecule has 0 atom stereocenters. The predicted molar refractivity (Wildman–Crippen MR) is 145 cm³/mol. The Hall–Kier alpha value is -3.58. The van der Waals surface area contributed by atoms with Gasteiger partial charge >= 0.3 is 0 Å². The summed E-state index contributed by atoms with van der Waals surface area (Å²) in [7, 11) is 0. The van der Waals surface area contributed by atoms with Gasteiger partial charge in [-0.2, -0.15) is 0 Å². The largest absolute Gasteiger partial charge is 0.369 e. The predicted octanol–water partition coefficient (Wildman–Crippen LogP) is 5.07. The number of benzene rings is 3. The molecule has 0 unspecified atom stereocenters. The van der Waals surface area contributed by atoms with Crippen molar-refractivity contribution in [2.75, 3.05) is 44.2 Å². The number of rotatable bonds is 8. The Balaban J connectivity index is 1.19. The van der Waals surface area contributed by atoms with Gasteiger partial charge in [-0.3, -0.25) is 14.6 Å². The molecule has 0 spiro atoms. The van der Waals surface area contributed by atoms with Crippen molar-refractivity contribution in [3.05, 3.63) is 102 Å². The van der Waals surface area contributed by atoms with Crippen molar-refractivity contribution in [3.8, 4) is 0 Å². The van der Waals surface area contributed by atoms with Crippen molar-refractivity contribution in [2.24, 2.45) is 10.9 Å². The summed E-state index contributed by atoms with van der Waals surface area (Å²) in [6.07, 6.45) is 2.85. The number of carbonyl (C=O) groups excluding carboxylic acids is 1. The molecule has 2 aliphatic heterocycles. The summed E-state index contributed by atoms with van der Waals surface area (Å²) < 4.78 is 27.6. The number of halogens is 2. The lowest BCUT2D eigenvalue weighted by atomic mass is 9.82. The second-order valence-electron chi connectivity index (χ2n) is 10.4. The average Bonchev–Trinajstić information content (AvgIpc) is 3.76. The van der Waals surface area contributed by atoms with Crippen molar-refractivity contribution in [2.45, 2.75) is 24.8 Å². The van der Waals surface area contributed by atoms with Crippen LogP contribution in [0.3, 0.4) is 0 Å². The monoisotopic (exact) mass is 514 g/mol. The standard InChI is InChI=1S/C31H32F2N4O/c32-26-13-9-24(10-14-26)31(25-11-15-27(33)16-12-25)30(38)37(29(34-31)23-7-8-23)18-4-17-35-19-21-36(22-20-35)28-5-2-1-3-6-28/h1-3,5-6,9-16,23H,4,7-8,17-22H2. The van der Waals surface area contributed by atoms with E-state index in [2.05, 4.69) is 34.1 Å². The molecular formula is C31H32F2N4O. The number of piperazine rings is 1. The van der Waals surface area contributed by atoms with Crippen LogP contribution in [-0.4, -0.2) is 60.8 Å². The lowest BCUT2D eigenvalue weighted by molar-refractivity contribution is -0.130. The Bertz CT molecular complexity index is 1250. The van der Waals surface area contributed by atoms with Gasteiger partial charge in [-0.05, 0) is 73.3 Å². The highest BCUT2D eigenvalue weighted by Gasteiger charge is 2.53. The normalized spacial score (nSPS) is 19.6. The highest BCUT2D eigenvalue weighted by Crippen LogP contribution is 2.45. The maximum atomic E-state index is 14.2. The van der Waals surface area contributed by atoms with Gasteiger partial charge in [-0.1, -0.05) is 42.5 Å². The van der Waals surface area contributed by atoms with Crippen molar-refractivity contribution in [1.29, 1.82) is 0 Å². The topological polar surface area (TPSA) is 39.2 Å². The summed E-state index contributed by atoms with van der Waals surface area (Å²) in [4.78, 5) is 26.0. The van der Waals surface area contributed by atoms with Gasteiger partial charge in [0.1, 0.15) is 17.5 Å². The Morgan fingerprint density at radius 1 is 0.763 bits per heavy atom. The van der Waals surface area contributed by atoms with Crippen LogP contribution in [0.5, 0.6) is 0 Å². The third-order valence-electron chi connectivity index (χ3n) is 7.93. The Morgan fingerprint density at radius 2 is 1.34 bits per heavy atom. The second-order valence-corrected chi connectivity index (χ2v) is 10.4. The van der Waals surface area contributed by atoms with Gasteiger partial charge in [0, 0.05) is 44.3 Å². The first-order valence-electron chi connectivity index (χ1n) is 13.5. The zero-order chi connectivity index (χ0) is 26.1. The molecule has 1 saturated carbocycles. The van der Waals surface area contributed by atoms with Crippen LogP contribution >= 0.6 is 0 Å². The van der Waals surface area contributed by atoms with Crippen LogP contribution in [0, 0.1) is 17.6 Å². The molecule has 1 saturated heterocycles. The highest BCUT2D eigenvalue weighted by atomic mass is 19.1.